The fourth-order valence-electron chi connectivity index (χ4n) is 2.85. The Morgan fingerprint density at radius 1 is 1.14 bits per heavy atom. The Hall–Kier alpha value is -3.06. The summed E-state index contributed by atoms with van der Waals surface area (Å²) in [6.45, 7) is 3.45. The van der Waals surface area contributed by atoms with E-state index in [1.165, 1.54) is 0 Å². The maximum atomic E-state index is 12.6. The van der Waals surface area contributed by atoms with Crippen molar-refractivity contribution in [1.82, 2.24) is 4.90 Å². The van der Waals surface area contributed by atoms with Crippen molar-refractivity contribution in [2.75, 3.05) is 19.0 Å². The Labute approximate surface area is 167 Å². The van der Waals surface area contributed by atoms with Crippen molar-refractivity contribution in [1.29, 1.82) is 0 Å². The molecule has 0 spiro atoms. The number of rotatable bonds is 5. The second-order valence-corrected chi connectivity index (χ2v) is 7.35. The lowest BCUT2D eigenvalue weighted by Crippen LogP contribution is -2.36. The summed E-state index contributed by atoms with van der Waals surface area (Å²) in [6.07, 6.45) is 1.62. The lowest BCUT2D eigenvalue weighted by molar-refractivity contribution is -0.127. The molecule has 0 saturated carbocycles. The summed E-state index contributed by atoms with van der Waals surface area (Å²) < 4.78 is 5.17. The summed E-state index contributed by atoms with van der Waals surface area (Å²) in [4.78, 5) is 38.5. The van der Waals surface area contributed by atoms with Crippen molar-refractivity contribution in [3.63, 3.8) is 0 Å². The van der Waals surface area contributed by atoms with Gasteiger partial charge in [0.1, 0.15) is 12.3 Å². The van der Waals surface area contributed by atoms with Gasteiger partial charge in [-0.2, -0.15) is 0 Å². The smallest absolute Gasteiger partial charge is 0.294 e. The van der Waals surface area contributed by atoms with Crippen LogP contribution in [-0.4, -0.2) is 35.6 Å². The van der Waals surface area contributed by atoms with Gasteiger partial charge in [-0.1, -0.05) is 30.3 Å². The number of hydrogen-bond acceptors (Lipinski definition) is 5. The molecular formula is C21H20N2O4S. The highest BCUT2D eigenvalue weighted by molar-refractivity contribution is 8.18. The van der Waals surface area contributed by atoms with Crippen LogP contribution < -0.4 is 10.1 Å². The van der Waals surface area contributed by atoms with Gasteiger partial charge in [0.05, 0.1) is 12.0 Å². The zero-order chi connectivity index (χ0) is 20.3. The minimum absolute atomic E-state index is 0.276. The number of hydrogen-bond donors (Lipinski definition) is 1. The molecule has 0 radical (unpaired) electrons. The monoisotopic (exact) mass is 396 g/mol. The molecule has 0 aromatic heterocycles. The number of benzene rings is 2. The van der Waals surface area contributed by atoms with Crippen LogP contribution in [0.2, 0.25) is 0 Å². The zero-order valence-electron chi connectivity index (χ0n) is 15.8. The fraction of sp³-hybridized carbons (Fsp3) is 0.190. The molecule has 6 nitrogen and oxygen atoms in total. The summed E-state index contributed by atoms with van der Waals surface area (Å²) in [5.41, 5.74) is 3.28. The van der Waals surface area contributed by atoms with Gasteiger partial charge in [-0.3, -0.25) is 19.3 Å². The quantitative estimate of drug-likeness (QED) is 0.774. The van der Waals surface area contributed by atoms with Gasteiger partial charge >= 0.3 is 0 Å². The van der Waals surface area contributed by atoms with Crippen LogP contribution in [0.5, 0.6) is 5.75 Å². The summed E-state index contributed by atoms with van der Waals surface area (Å²) >= 11 is 0.822. The van der Waals surface area contributed by atoms with E-state index in [0.29, 0.717) is 11.4 Å². The molecule has 1 fully saturated rings. The average Bonchev–Trinajstić information content (AvgIpc) is 2.92. The molecule has 0 atom stereocenters. The summed E-state index contributed by atoms with van der Waals surface area (Å²) in [7, 11) is 1.56. The molecule has 1 aliphatic heterocycles. The highest BCUT2D eigenvalue weighted by Crippen LogP contribution is 2.32. The number of para-hydroxylation sites is 1. The van der Waals surface area contributed by atoms with Gasteiger partial charge in [0.15, 0.2) is 0 Å². The van der Waals surface area contributed by atoms with Crippen molar-refractivity contribution in [2.45, 2.75) is 13.8 Å². The first kappa shape index (κ1) is 19.7. The highest BCUT2D eigenvalue weighted by atomic mass is 32.2. The van der Waals surface area contributed by atoms with E-state index in [0.717, 1.165) is 33.4 Å². The molecule has 0 bridgehead atoms. The largest absolute Gasteiger partial charge is 0.497 e. The van der Waals surface area contributed by atoms with E-state index in [4.69, 9.17) is 4.74 Å². The molecule has 3 rings (SSSR count). The second kappa shape index (κ2) is 8.31. The number of nitrogens with zero attached hydrogens (tertiary/aromatic N) is 1. The molecule has 28 heavy (non-hydrogen) atoms. The van der Waals surface area contributed by atoms with Crippen LogP contribution in [0.3, 0.4) is 0 Å². The molecular weight excluding hydrogens is 376 g/mol. The Kier molecular flexibility index (Phi) is 5.84. The molecule has 1 N–H and O–H groups in total. The van der Waals surface area contributed by atoms with E-state index >= 15 is 0 Å². The van der Waals surface area contributed by atoms with Crippen molar-refractivity contribution in [3.8, 4) is 5.75 Å². The molecule has 7 heteroatoms. The molecule has 3 amide bonds. The Balaban J connectivity index is 1.73. The number of ether oxygens (including phenoxy) is 1. The summed E-state index contributed by atoms with van der Waals surface area (Å²) in [5.74, 6) is -0.238. The van der Waals surface area contributed by atoms with Gasteiger partial charge in [0.2, 0.25) is 5.91 Å². The van der Waals surface area contributed by atoms with Gasteiger partial charge in [-0.25, -0.2) is 0 Å². The number of anilines is 1. The second-order valence-electron chi connectivity index (χ2n) is 6.36. The van der Waals surface area contributed by atoms with Crippen LogP contribution in [0.25, 0.3) is 6.08 Å². The van der Waals surface area contributed by atoms with Crippen LogP contribution in [0.15, 0.2) is 47.4 Å². The molecule has 0 unspecified atom stereocenters. The number of imide groups is 1. The molecule has 0 aliphatic carbocycles. The van der Waals surface area contributed by atoms with E-state index in [2.05, 4.69) is 5.32 Å². The minimum atomic E-state index is -0.477. The molecule has 144 valence electrons. The number of amides is 3. The average molecular weight is 396 g/mol. The van der Waals surface area contributed by atoms with Crippen molar-refractivity contribution in [3.05, 3.63) is 64.1 Å². The Morgan fingerprint density at radius 3 is 2.50 bits per heavy atom. The normalized spacial score (nSPS) is 15.2. The minimum Gasteiger partial charge on any atom is -0.497 e. The predicted octanol–water partition coefficient (Wildman–Crippen LogP) is 3.99. The van der Waals surface area contributed by atoms with Crippen LogP contribution in [-0.2, 0) is 9.59 Å². The third kappa shape index (κ3) is 4.26. The molecule has 1 heterocycles. The predicted molar refractivity (Wildman–Crippen MR) is 110 cm³/mol. The molecule has 1 aliphatic rings. The number of thioether (sulfide) groups is 1. The van der Waals surface area contributed by atoms with Crippen molar-refractivity contribution in [2.24, 2.45) is 0 Å². The third-order valence-corrected chi connectivity index (χ3v) is 5.22. The maximum absolute atomic E-state index is 12.6. The van der Waals surface area contributed by atoms with E-state index in [-0.39, 0.29) is 11.4 Å². The van der Waals surface area contributed by atoms with Crippen LogP contribution >= 0.6 is 11.8 Å². The first-order valence-electron chi connectivity index (χ1n) is 8.64. The first-order valence-corrected chi connectivity index (χ1v) is 9.46. The lowest BCUT2D eigenvalue weighted by Gasteiger charge is -2.15. The van der Waals surface area contributed by atoms with E-state index < -0.39 is 17.1 Å². The number of nitrogens with one attached hydrogen (secondary N) is 1. The number of methoxy groups -OCH3 is 1. The van der Waals surface area contributed by atoms with Gasteiger partial charge in [-0.05, 0) is 60.5 Å². The lowest BCUT2D eigenvalue weighted by atomic mass is 10.1. The number of carbonyl (C=O) groups is 3. The van der Waals surface area contributed by atoms with Gasteiger partial charge < -0.3 is 10.1 Å². The maximum Gasteiger partial charge on any atom is 0.294 e. The van der Waals surface area contributed by atoms with Gasteiger partial charge in [0.25, 0.3) is 11.1 Å². The Bertz CT molecular complexity index is 964. The van der Waals surface area contributed by atoms with E-state index in [1.807, 2.05) is 38.1 Å². The van der Waals surface area contributed by atoms with Gasteiger partial charge in [-0.15, -0.1) is 0 Å². The first-order chi connectivity index (χ1) is 13.4. The van der Waals surface area contributed by atoms with Crippen LogP contribution in [0.4, 0.5) is 10.5 Å². The summed E-state index contributed by atoms with van der Waals surface area (Å²) in [6, 6.07) is 12.8. The molecule has 2 aromatic rings. The van der Waals surface area contributed by atoms with Crippen molar-refractivity contribution < 1.29 is 19.1 Å². The number of carbonyl (C=O) groups excluding carboxylic acids is 3. The molecule has 1 saturated heterocycles. The SMILES string of the molecule is COc1cccc(/C=C2/SC(=O)N(CC(=O)Nc3c(C)cccc3C)C2=O)c1. The molecule has 2 aromatic carbocycles. The zero-order valence-corrected chi connectivity index (χ0v) is 16.6. The van der Waals surface area contributed by atoms with E-state index in [9.17, 15) is 14.4 Å². The Morgan fingerprint density at radius 2 is 1.82 bits per heavy atom. The van der Waals surface area contributed by atoms with Crippen molar-refractivity contribution >= 4 is 40.6 Å². The topological polar surface area (TPSA) is 75.7 Å². The number of aryl methyl sites for hydroxylation is 2. The fourth-order valence-corrected chi connectivity index (χ4v) is 3.69. The summed E-state index contributed by atoms with van der Waals surface area (Å²) in [5, 5.41) is 2.33. The highest BCUT2D eigenvalue weighted by Gasteiger charge is 2.36. The van der Waals surface area contributed by atoms with Gasteiger partial charge in [0, 0.05) is 5.69 Å². The van der Waals surface area contributed by atoms with E-state index in [1.54, 1.807) is 31.4 Å². The third-order valence-electron chi connectivity index (χ3n) is 4.31. The van der Waals surface area contributed by atoms with Crippen LogP contribution in [0, 0.1) is 13.8 Å². The van der Waals surface area contributed by atoms with Crippen LogP contribution in [0.1, 0.15) is 16.7 Å². The standard InChI is InChI=1S/C21H20N2O4S/c1-13-6-4-7-14(2)19(13)22-18(24)12-23-20(25)17(28-21(23)26)11-15-8-5-9-16(10-15)27-3/h4-11H,12H2,1-3H3,(H,22,24)/b17-11+.